The standard InChI is InChI=1S/C24H23ClN2O5S/c1-16(18-7-4-3-5-8-18)27-33(30,31)21-11-12-23(22(25)14-21)32-15-24(29)26-20-10-6-9-19(13-20)17(2)28/h3-14,16,27H,15H2,1-2H3,(H,26,29)/t16-/m0/s1. The van der Waals surface area contributed by atoms with Crippen LogP contribution in [0.3, 0.4) is 0 Å². The number of sulfonamides is 1. The van der Waals surface area contributed by atoms with Gasteiger partial charge in [0.05, 0.1) is 9.92 Å². The summed E-state index contributed by atoms with van der Waals surface area (Å²) >= 11 is 6.20. The zero-order valence-electron chi connectivity index (χ0n) is 18.0. The highest BCUT2D eigenvalue weighted by Gasteiger charge is 2.20. The molecular weight excluding hydrogens is 464 g/mol. The summed E-state index contributed by atoms with van der Waals surface area (Å²) in [4.78, 5) is 23.6. The lowest BCUT2D eigenvalue weighted by molar-refractivity contribution is -0.118. The number of amides is 1. The molecular formula is C24H23ClN2O5S. The minimum absolute atomic E-state index is 0.0202. The van der Waals surface area contributed by atoms with E-state index in [1.54, 1.807) is 31.2 Å². The molecule has 1 atom stereocenters. The van der Waals surface area contributed by atoms with E-state index in [9.17, 15) is 18.0 Å². The molecule has 33 heavy (non-hydrogen) atoms. The lowest BCUT2D eigenvalue weighted by atomic mass is 10.1. The van der Waals surface area contributed by atoms with Gasteiger partial charge >= 0.3 is 0 Å². The topological polar surface area (TPSA) is 102 Å². The zero-order chi connectivity index (χ0) is 24.0. The maximum atomic E-state index is 12.7. The first-order valence-electron chi connectivity index (χ1n) is 10.1. The van der Waals surface area contributed by atoms with Crippen LogP contribution < -0.4 is 14.8 Å². The van der Waals surface area contributed by atoms with Crippen molar-refractivity contribution in [2.24, 2.45) is 0 Å². The minimum Gasteiger partial charge on any atom is -0.482 e. The molecule has 0 aliphatic rings. The largest absolute Gasteiger partial charge is 0.482 e. The van der Waals surface area contributed by atoms with Crippen LogP contribution in [0.2, 0.25) is 5.02 Å². The maximum absolute atomic E-state index is 12.7. The SMILES string of the molecule is CC(=O)c1cccc(NC(=O)COc2ccc(S(=O)(=O)N[C@@H](C)c3ccccc3)cc2Cl)c1. The minimum atomic E-state index is -3.83. The van der Waals surface area contributed by atoms with Gasteiger partial charge in [-0.1, -0.05) is 54.1 Å². The first kappa shape index (κ1) is 24.4. The molecule has 0 fully saturated rings. The zero-order valence-corrected chi connectivity index (χ0v) is 19.6. The Morgan fingerprint density at radius 3 is 2.39 bits per heavy atom. The quantitative estimate of drug-likeness (QED) is 0.430. The lowest BCUT2D eigenvalue weighted by Gasteiger charge is -2.15. The van der Waals surface area contributed by atoms with Crippen molar-refractivity contribution in [3.8, 4) is 5.75 Å². The number of benzene rings is 3. The monoisotopic (exact) mass is 486 g/mol. The highest BCUT2D eigenvalue weighted by molar-refractivity contribution is 7.89. The molecule has 0 saturated heterocycles. The van der Waals surface area contributed by atoms with Crippen molar-refractivity contribution in [3.05, 3.63) is 88.9 Å². The van der Waals surface area contributed by atoms with E-state index in [0.717, 1.165) is 5.56 Å². The highest BCUT2D eigenvalue weighted by Crippen LogP contribution is 2.28. The van der Waals surface area contributed by atoms with Crippen LogP contribution >= 0.6 is 11.6 Å². The van der Waals surface area contributed by atoms with E-state index in [1.165, 1.54) is 25.1 Å². The number of nitrogens with one attached hydrogen (secondary N) is 2. The van der Waals surface area contributed by atoms with Gasteiger partial charge in [0.15, 0.2) is 12.4 Å². The number of ketones is 1. The van der Waals surface area contributed by atoms with Crippen molar-refractivity contribution in [3.63, 3.8) is 0 Å². The van der Waals surface area contributed by atoms with Crippen molar-refractivity contribution in [1.29, 1.82) is 0 Å². The van der Waals surface area contributed by atoms with E-state index in [0.29, 0.717) is 11.3 Å². The predicted molar refractivity (Wildman–Crippen MR) is 127 cm³/mol. The van der Waals surface area contributed by atoms with E-state index in [2.05, 4.69) is 10.0 Å². The molecule has 0 heterocycles. The summed E-state index contributed by atoms with van der Waals surface area (Å²) in [5.41, 5.74) is 1.76. The molecule has 0 spiro atoms. The Labute approximate surface area is 197 Å². The van der Waals surface area contributed by atoms with Crippen LogP contribution in [0, 0.1) is 0 Å². The summed E-state index contributed by atoms with van der Waals surface area (Å²) in [6.45, 7) is 2.84. The number of Topliss-reactive ketones (excluding diaryl/α,β-unsaturated/α-hetero) is 1. The van der Waals surface area contributed by atoms with Gasteiger partial charge in [-0.25, -0.2) is 13.1 Å². The van der Waals surface area contributed by atoms with E-state index in [-0.39, 0.29) is 28.1 Å². The van der Waals surface area contributed by atoms with Crippen LogP contribution in [0.15, 0.2) is 77.7 Å². The molecule has 0 aliphatic carbocycles. The molecule has 0 saturated carbocycles. The van der Waals surface area contributed by atoms with E-state index in [1.807, 2.05) is 30.3 Å². The second-order valence-electron chi connectivity index (χ2n) is 7.32. The molecule has 0 aromatic heterocycles. The van der Waals surface area contributed by atoms with E-state index >= 15 is 0 Å². The molecule has 9 heteroatoms. The molecule has 0 radical (unpaired) electrons. The number of carbonyl (C=O) groups excluding carboxylic acids is 2. The molecule has 3 aromatic rings. The van der Waals surface area contributed by atoms with Gasteiger partial charge in [-0.15, -0.1) is 0 Å². The molecule has 172 valence electrons. The fraction of sp³-hybridized carbons (Fsp3) is 0.167. The molecule has 3 aromatic carbocycles. The van der Waals surface area contributed by atoms with Crippen LogP contribution in [-0.4, -0.2) is 26.7 Å². The third-order valence-corrected chi connectivity index (χ3v) is 6.59. The van der Waals surface area contributed by atoms with E-state index < -0.39 is 22.0 Å². The van der Waals surface area contributed by atoms with Gasteiger partial charge in [-0.3, -0.25) is 9.59 Å². The van der Waals surface area contributed by atoms with Crippen molar-refractivity contribution in [1.82, 2.24) is 4.72 Å². The highest BCUT2D eigenvalue weighted by atomic mass is 35.5. The van der Waals surface area contributed by atoms with Gasteiger partial charge in [0.2, 0.25) is 10.0 Å². The molecule has 0 aliphatic heterocycles. The Balaban J connectivity index is 1.62. The second kappa shape index (κ2) is 10.6. The predicted octanol–water partition coefficient (Wildman–Crippen LogP) is 4.60. The third-order valence-electron chi connectivity index (χ3n) is 4.76. The number of rotatable bonds is 9. The number of hydrogen-bond acceptors (Lipinski definition) is 5. The summed E-state index contributed by atoms with van der Waals surface area (Å²) < 4.78 is 33.5. The van der Waals surface area contributed by atoms with Crippen LogP contribution in [0.5, 0.6) is 5.75 Å². The van der Waals surface area contributed by atoms with Crippen LogP contribution in [0.1, 0.15) is 35.8 Å². The van der Waals surface area contributed by atoms with Crippen molar-refractivity contribution < 1.29 is 22.7 Å². The summed E-state index contributed by atoms with van der Waals surface area (Å²) in [5.74, 6) is -0.405. The van der Waals surface area contributed by atoms with Crippen LogP contribution in [0.25, 0.3) is 0 Å². The lowest BCUT2D eigenvalue weighted by Crippen LogP contribution is -2.27. The number of carbonyl (C=O) groups is 2. The van der Waals surface area contributed by atoms with Gasteiger partial charge in [0.25, 0.3) is 5.91 Å². The molecule has 7 nitrogen and oxygen atoms in total. The fourth-order valence-electron chi connectivity index (χ4n) is 3.03. The van der Waals surface area contributed by atoms with Crippen LogP contribution in [-0.2, 0) is 14.8 Å². The van der Waals surface area contributed by atoms with Gasteiger partial charge in [-0.05, 0) is 49.7 Å². The smallest absolute Gasteiger partial charge is 0.262 e. The number of hydrogen-bond donors (Lipinski definition) is 2. The molecule has 0 unspecified atom stereocenters. The van der Waals surface area contributed by atoms with Crippen molar-refractivity contribution >= 4 is 39.0 Å². The van der Waals surface area contributed by atoms with Crippen molar-refractivity contribution in [2.45, 2.75) is 24.8 Å². The van der Waals surface area contributed by atoms with Gasteiger partial charge in [0, 0.05) is 17.3 Å². The second-order valence-corrected chi connectivity index (χ2v) is 9.44. The first-order chi connectivity index (χ1) is 15.7. The fourth-order valence-corrected chi connectivity index (χ4v) is 4.59. The average molecular weight is 487 g/mol. The number of halogens is 1. The average Bonchev–Trinajstić information content (AvgIpc) is 2.78. The summed E-state index contributed by atoms with van der Waals surface area (Å²) in [6.07, 6.45) is 0. The summed E-state index contributed by atoms with van der Waals surface area (Å²) in [7, 11) is -3.83. The van der Waals surface area contributed by atoms with Crippen LogP contribution in [0.4, 0.5) is 5.69 Å². The Kier molecular flexibility index (Phi) is 7.86. The van der Waals surface area contributed by atoms with E-state index in [4.69, 9.17) is 16.3 Å². The van der Waals surface area contributed by atoms with Crippen molar-refractivity contribution in [2.75, 3.05) is 11.9 Å². The Morgan fingerprint density at radius 1 is 1.00 bits per heavy atom. The Morgan fingerprint density at radius 2 is 1.73 bits per heavy atom. The molecule has 0 bridgehead atoms. The molecule has 3 rings (SSSR count). The molecule has 2 N–H and O–H groups in total. The van der Waals surface area contributed by atoms with Gasteiger partial charge in [-0.2, -0.15) is 0 Å². The summed E-state index contributed by atoms with van der Waals surface area (Å²) in [6, 6.07) is 19.3. The maximum Gasteiger partial charge on any atom is 0.262 e. The Hall–Kier alpha value is -3.20. The summed E-state index contributed by atoms with van der Waals surface area (Å²) in [5, 5.41) is 2.69. The Bertz CT molecular complexity index is 1260. The number of anilines is 1. The van der Waals surface area contributed by atoms with Gasteiger partial charge < -0.3 is 10.1 Å². The third kappa shape index (κ3) is 6.64. The first-order valence-corrected chi connectivity index (χ1v) is 11.9. The normalized spacial score (nSPS) is 12.1. The number of ether oxygens (including phenoxy) is 1. The van der Waals surface area contributed by atoms with Gasteiger partial charge in [0.1, 0.15) is 5.75 Å². The molecule has 1 amide bonds.